The van der Waals surface area contributed by atoms with Gasteiger partial charge in [-0.1, -0.05) is 12.1 Å². The predicted molar refractivity (Wildman–Crippen MR) is 111 cm³/mol. The standard InChI is InChI=1S/C23H24N2O4/c1-14-9-17-16(13-28-20(17)10-15(14)2)11-22(26)25-12-21(23(27)24(3)4)29-19-8-6-5-7-18(19)25/h5-10,13,21H,11-12H2,1-4H3. The number of nitrogens with zero attached hydrogens (tertiary/aromatic N) is 2. The summed E-state index contributed by atoms with van der Waals surface area (Å²) in [6.07, 6.45) is 1.11. The number of para-hydroxylation sites is 2. The summed E-state index contributed by atoms with van der Waals surface area (Å²) in [6.45, 7) is 4.26. The lowest BCUT2D eigenvalue weighted by Crippen LogP contribution is -2.50. The highest BCUT2D eigenvalue weighted by Crippen LogP contribution is 2.34. The molecule has 0 saturated heterocycles. The van der Waals surface area contributed by atoms with Crippen LogP contribution in [0.1, 0.15) is 16.7 Å². The monoisotopic (exact) mass is 392 g/mol. The lowest BCUT2D eigenvalue weighted by atomic mass is 10.0. The SMILES string of the molecule is Cc1cc2occ(CC(=O)N3CC(C(=O)N(C)C)Oc4ccccc43)c2cc1C. The largest absolute Gasteiger partial charge is 0.476 e. The van der Waals surface area contributed by atoms with E-state index >= 15 is 0 Å². The maximum Gasteiger partial charge on any atom is 0.265 e. The molecule has 1 atom stereocenters. The average molecular weight is 392 g/mol. The Morgan fingerprint density at radius 1 is 1.14 bits per heavy atom. The number of anilines is 1. The summed E-state index contributed by atoms with van der Waals surface area (Å²) in [4.78, 5) is 28.9. The highest BCUT2D eigenvalue weighted by atomic mass is 16.5. The van der Waals surface area contributed by atoms with E-state index in [-0.39, 0.29) is 24.8 Å². The fraction of sp³-hybridized carbons (Fsp3) is 0.304. The van der Waals surface area contributed by atoms with Crippen LogP contribution >= 0.6 is 0 Å². The van der Waals surface area contributed by atoms with Crippen LogP contribution in [0.2, 0.25) is 0 Å². The van der Waals surface area contributed by atoms with Gasteiger partial charge in [0.2, 0.25) is 5.91 Å². The van der Waals surface area contributed by atoms with Gasteiger partial charge in [0.15, 0.2) is 6.10 Å². The minimum absolute atomic E-state index is 0.0989. The first kappa shape index (κ1) is 19.1. The molecule has 29 heavy (non-hydrogen) atoms. The van der Waals surface area contributed by atoms with Gasteiger partial charge >= 0.3 is 0 Å². The number of hydrogen-bond acceptors (Lipinski definition) is 4. The zero-order valence-corrected chi connectivity index (χ0v) is 17.1. The third-order valence-corrected chi connectivity index (χ3v) is 5.40. The molecule has 3 aromatic rings. The van der Waals surface area contributed by atoms with E-state index in [1.807, 2.05) is 38.1 Å². The third-order valence-electron chi connectivity index (χ3n) is 5.40. The van der Waals surface area contributed by atoms with E-state index in [1.165, 1.54) is 4.90 Å². The van der Waals surface area contributed by atoms with Gasteiger partial charge in [-0.2, -0.15) is 0 Å². The van der Waals surface area contributed by atoms with Gasteiger partial charge in [-0.05, 0) is 49.2 Å². The van der Waals surface area contributed by atoms with Crippen LogP contribution in [0.4, 0.5) is 5.69 Å². The Bertz CT molecular complexity index is 1100. The molecule has 1 aliphatic heterocycles. The Kier molecular flexibility index (Phi) is 4.78. The number of amides is 2. The number of fused-ring (bicyclic) bond motifs is 2. The van der Waals surface area contributed by atoms with Gasteiger partial charge < -0.3 is 19.0 Å². The van der Waals surface area contributed by atoms with Crippen LogP contribution in [0.5, 0.6) is 5.75 Å². The molecule has 1 aromatic heterocycles. The Labute approximate surface area is 169 Å². The van der Waals surface area contributed by atoms with Crippen molar-refractivity contribution in [3.63, 3.8) is 0 Å². The van der Waals surface area contributed by atoms with E-state index in [2.05, 4.69) is 6.07 Å². The Morgan fingerprint density at radius 2 is 1.86 bits per heavy atom. The van der Waals surface area contributed by atoms with Crippen molar-refractivity contribution >= 4 is 28.5 Å². The molecule has 0 N–H and O–H groups in total. The number of hydrogen-bond donors (Lipinski definition) is 0. The van der Waals surface area contributed by atoms with Crippen molar-refractivity contribution in [2.24, 2.45) is 0 Å². The normalized spacial score (nSPS) is 15.7. The first-order valence-corrected chi connectivity index (χ1v) is 9.59. The Morgan fingerprint density at radius 3 is 2.62 bits per heavy atom. The van der Waals surface area contributed by atoms with Crippen molar-refractivity contribution in [1.29, 1.82) is 0 Å². The first-order valence-electron chi connectivity index (χ1n) is 9.59. The molecule has 2 heterocycles. The average Bonchev–Trinajstić information content (AvgIpc) is 3.08. The van der Waals surface area contributed by atoms with E-state index in [4.69, 9.17) is 9.15 Å². The quantitative estimate of drug-likeness (QED) is 0.685. The second-order valence-electron chi connectivity index (χ2n) is 7.68. The second-order valence-corrected chi connectivity index (χ2v) is 7.68. The Balaban J connectivity index is 1.65. The molecular formula is C23H24N2O4. The van der Waals surface area contributed by atoms with Gasteiger partial charge in [-0.3, -0.25) is 9.59 Å². The molecule has 0 spiro atoms. The number of carbonyl (C=O) groups excluding carboxylic acids is 2. The lowest BCUT2D eigenvalue weighted by Gasteiger charge is -2.35. The predicted octanol–water partition coefficient (Wildman–Crippen LogP) is 3.47. The fourth-order valence-electron chi connectivity index (χ4n) is 3.62. The lowest BCUT2D eigenvalue weighted by molar-refractivity contribution is -0.136. The van der Waals surface area contributed by atoms with Crippen LogP contribution in [0.25, 0.3) is 11.0 Å². The van der Waals surface area contributed by atoms with Gasteiger partial charge in [0, 0.05) is 25.0 Å². The van der Waals surface area contributed by atoms with Crippen LogP contribution in [0, 0.1) is 13.8 Å². The maximum absolute atomic E-state index is 13.3. The summed E-state index contributed by atoms with van der Waals surface area (Å²) in [7, 11) is 3.36. The highest BCUT2D eigenvalue weighted by Gasteiger charge is 2.34. The molecule has 2 amide bonds. The smallest absolute Gasteiger partial charge is 0.265 e. The summed E-state index contributed by atoms with van der Waals surface area (Å²) in [5, 5.41) is 0.948. The highest BCUT2D eigenvalue weighted by molar-refractivity contribution is 6.00. The summed E-state index contributed by atoms with van der Waals surface area (Å²) in [5.41, 5.74) is 4.60. The molecule has 0 radical (unpaired) electrons. The van der Waals surface area contributed by atoms with Crippen molar-refractivity contribution in [3.8, 4) is 5.75 Å². The molecule has 0 aliphatic carbocycles. The van der Waals surface area contributed by atoms with Gasteiger partial charge in [0.25, 0.3) is 5.91 Å². The van der Waals surface area contributed by atoms with Crippen LogP contribution in [0.15, 0.2) is 47.1 Å². The van der Waals surface area contributed by atoms with E-state index in [0.29, 0.717) is 11.4 Å². The van der Waals surface area contributed by atoms with Crippen molar-refractivity contribution in [1.82, 2.24) is 4.90 Å². The molecule has 6 nitrogen and oxygen atoms in total. The summed E-state index contributed by atoms with van der Waals surface area (Å²) < 4.78 is 11.5. The minimum atomic E-state index is -0.727. The van der Waals surface area contributed by atoms with Crippen LogP contribution in [0.3, 0.4) is 0 Å². The van der Waals surface area contributed by atoms with Crippen LogP contribution in [-0.2, 0) is 16.0 Å². The van der Waals surface area contributed by atoms with Crippen LogP contribution in [-0.4, -0.2) is 43.5 Å². The third kappa shape index (κ3) is 3.46. The van der Waals surface area contributed by atoms with Gasteiger partial charge in [-0.15, -0.1) is 0 Å². The molecule has 150 valence electrons. The fourth-order valence-corrected chi connectivity index (χ4v) is 3.62. The molecule has 1 unspecified atom stereocenters. The number of ether oxygens (including phenoxy) is 1. The topological polar surface area (TPSA) is 63.0 Å². The van der Waals surface area contributed by atoms with Crippen LogP contribution < -0.4 is 9.64 Å². The van der Waals surface area contributed by atoms with E-state index in [0.717, 1.165) is 27.7 Å². The van der Waals surface area contributed by atoms with Gasteiger partial charge in [0.1, 0.15) is 11.3 Å². The van der Waals surface area contributed by atoms with Crippen molar-refractivity contribution in [2.45, 2.75) is 26.4 Å². The molecule has 4 rings (SSSR count). The first-order chi connectivity index (χ1) is 13.8. The number of aryl methyl sites for hydroxylation is 2. The summed E-state index contributed by atoms with van der Waals surface area (Å²) in [6, 6.07) is 11.4. The van der Waals surface area contributed by atoms with Crippen molar-refractivity contribution in [2.75, 3.05) is 25.5 Å². The molecule has 0 bridgehead atoms. The number of benzene rings is 2. The zero-order chi connectivity index (χ0) is 20.7. The van der Waals surface area contributed by atoms with E-state index < -0.39 is 6.10 Å². The molecule has 6 heteroatoms. The number of carbonyl (C=O) groups is 2. The number of rotatable bonds is 3. The molecule has 0 saturated carbocycles. The van der Waals surface area contributed by atoms with Gasteiger partial charge in [-0.25, -0.2) is 0 Å². The zero-order valence-electron chi connectivity index (χ0n) is 17.1. The molecular weight excluding hydrogens is 368 g/mol. The van der Waals surface area contributed by atoms with Gasteiger partial charge in [0.05, 0.1) is 24.9 Å². The minimum Gasteiger partial charge on any atom is -0.476 e. The number of furan rings is 1. The maximum atomic E-state index is 13.3. The van der Waals surface area contributed by atoms with E-state index in [1.54, 1.807) is 31.3 Å². The molecule has 1 aliphatic rings. The van der Waals surface area contributed by atoms with E-state index in [9.17, 15) is 9.59 Å². The second kappa shape index (κ2) is 7.28. The Hall–Kier alpha value is -3.28. The molecule has 0 fully saturated rings. The summed E-state index contributed by atoms with van der Waals surface area (Å²) in [5.74, 6) is 0.270. The van der Waals surface area contributed by atoms with Crippen molar-refractivity contribution < 1.29 is 18.7 Å². The van der Waals surface area contributed by atoms with Crippen molar-refractivity contribution in [3.05, 3.63) is 59.4 Å². The molecule has 2 aromatic carbocycles. The summed E-state index contributed by atoms with van der Waals surface area (Å²) >= 11 is 0. The number of likely N-dealkylation sites (N-methyl/N-ethyl adjacent to an activating group) is 1.